The van der Waals surface area contributed by atoms with Gasteiger partial charge in [0.1, 0.15) is 9.86 Å². The number of anilines is 1. The molecule has 0 saturated carbocycles. The van der Waals surface area contributed by atoms with Crippen molar-refractivity contribution in [2.75, 3.05) is 5.32 Å². The average molecular weight is 511 g/mol. The summed E-state index contributed by atoms with van der Waals surface area (Å²) < 4.78 is 11.4. The lowest BCUT2D eigenvalue weighted by molar-refractivity contribution is 0.102. The molecule has 0 aliphatic heterocycles. The minimum atomic E-state index is -0.237. The Morgan fingerprint density at radius 2 is 1.50 bits per heavy atom. The van der Waals surface area contributed by atoms with Gasteiger partial charge in [0.15, 0.2) is 0 Å². The molecule has 3 aromatic carbocycles. The van der Waals surface area contributed by atoms with Gasteiger partial charge >= 0.3 is 0 Å². The van der Waals surface area contributed by atoms with Crippen LogP contribution in [0.3, 0.4) is 0 Å². The predicted octanol–water partition coefficient (Wildman–Crippen LogP) is 5.82. The SMILES string of the molecule is CC(I)Oc1ccccc1C(=O)Nc1ccc(-c2nnc(-c3ccccc3)o2)cc1. The molecule has 1 aromatic heterocycles. The third-order valence-corrected chi connectivity index (χ3v) is 4.51. The van der Waals surface area contributed by atoms with Gasteiger partial charge in [-0.05, 0) is 78.0 Å². The van der Waals surface area contributed by atoms with Gasteiger partial charge in [-0.25, -0.2) is 0 Å². The molecular formula is C23H18IN3O3. The number of aromatic nitrogens is 2. The molecule has 0 spiro atoms. The third kappa shape index (κ3) is 4.68. The number of amides is 1. The van der Waals surface area contributed by atoms with Gasteiger partial charge in [-0.1, -0.05) is 30.3 Å². The van der Waals surface area contributed by atoms with Crippen LogP contribution in [0.4, 0.5) is 5.69 Å². The van der Waals surface area contributed by atoms with Crippen LogP contribution < -0.4 is 10.1 Å². The molecule has 0 fully saturated rings. The monoisotopic (exact) mass is 511 g/mol. The number of benzene rings is 3. The number of nitrogens with zero attached hydrogens (tertiary/aromatic N) is 2. The van der Waals surface area contributed by atoms with Gasteiger partial charge in [-0.15, -0.1) is 10.2 Å². The van der Waals surface area contributed by atoms with Crippen molar-refractivity contribution in [2.45, 2.75) is 11.0 Å². The van der Waals surface area contributed by atoms with Crippen LogP contribution in [0.5, 0.6) is 5.75 Å². The van der Waals surface area contributed by atoms with Gasteiger partial charge in [0.05, 0.1) is 5.56 Å². The molecule has 0 aliphatic rings. The van der Waals surface area contributed by atoms with Crippen LogP contribution in [-0.2, 0) is 0 Å². The van der Waals surface area contributed by atoms with Crippen LogP contribution >= 0.6 is 22.6 Å². The first kappa shape index (κ1) is 20.1. The summed E-state index contributed by atoms with van der Waals surface area (Å²) >= 11 is 2.15. The van der Waals surface area contributed by atoms with E-state index in [-0.39, 0.29) is 10.0 Å². The minimum absolute atomic E-state index is 0.0500. The number of nitrogens with one attached hydrogen (secondary N) is 1. The van der Waals surface area contributed by atoms with Gasteiger partial charge in [0.2, 0.25) is 11.8 Å². The number of carbonyl (C=O) groups is 1. The van der Waals surface area contributed by atoms with Crippen LogP contribution in [-0.4, -0.2) is 20.2 Å². The van der Waals surface area contributed by atoms with Crippen molar-refractivity contribution in [3.63, 3.8) is 0 Å². The van der Waals surface area contributed by atoms with E-state index in [1.54, 1.807) is 24.3 Å². The summed E-state index contributed by atoms with van der Waals surface area (Å²) in [6.07, 6.45) is 0. The molecular weight excluding hydrogens is 493 g/mol. The Balaban J connectivity index is 1.48. The maximum atomic E-state index is 12.7. The van der Waals surface area contributed by atoms with E-state index in [0.717, 1.165) is 11.1 Å². The summed E-state index contributed by atoms with van der Waals surface area (Å²) in [6, 6.07) is 24.0. The Hall–Kier alpha value is -3.20. The zero-order chi connectivity index (χ0) is 20.9. The molecule has 30 heavy (non-hydrogen) atoms. The molecule has 1 heterocycles. The standard InChI is InChI=1S/C23H18IN3O3/c1-15(24)29-20-10-6-5-9-19(20)21(28)25-18-13-11-17(12-14-18)23-27-26-22(30-23)16-7-3-2-4-8-16/h2-15H,1H3,(H,25,28). The summed E-state index contributed by atoms with van der Waals surface area (Å²) in [7, 11) is 0. The van der Waals surface area contributed by atoms with Crippen LogP contribution in [0.25, 0.3) is 22.9 Å². The molecule has 1 N–H and O–H groups in total. The second kappa shape index (κ2) is 9.08. The fraction of sp³-hybridized carbons (Fsp3) is 0.0870. The molecule has 0 aliphatic carbocycles. The van der Waals surface area contributed by atoms with Crippen LogP contribution in [0.1, 0.15) is 17.3 Å². The van der Waals surface area contributed by atoms with E-state index < -0.39 is 0 Å². The molecule has 0 bridgehead atoms. The van der Waals surface area contributed by atoms with E-state index in [1.165, 1.54) is 0 Å². The van der Waals surface area contributed by atoms with Crippen LogP contribution in [0.2, 0.25) is 0 Å². The zero-order valence-electron chi connectivity index (χ0n) is 16.1. The van der Waals surface area contributed by atoms with E-state index in [0.29, 0.717) is 28.8 Å². The minimum Gasteiger partial charge on any atom is -0.480 e. The fourth-order valence-corrected chi connectivity index (χ4v) is 3.14. The second-order valence-electron chi connectivity index (χ2n) is 6.47. The van der Waals surface area contributed by atoms with Gasteiger partial charge in [0.25, 0.3) is 5.91 Å². The predicted molar refractivity (Wildman–Crippen MR) is 124 cm³/mol. The lowest BCUT2D eigenvalue weighted by Crippen LogP contribution is -2.14. The summed E-state index contributed by atoms with van der Waals surface area (Å²) in [5.74, 6) is 1.19. The Morgan fingerprint density at radius 1 is 0.900 bits per heavy atom. The number of hydrogen-bond donors (Lipinski definition) is 1. The Bertz CT molecular complexity index is 1140. The van der Waals surface area contributed by atoms with Crippen LogP contribution in [0.15, 0.2) is 83.3 Å². The highest BCUT2D eigenvalue weighted by Gasteiger charge is 2.14. The summed E-state index contributed by atoms with van der Waals surface area (Å²) in [4.78, 5) is 12.7. The van der Waals surface area contributed by atoms with E-state index in [9.17, 15) is 4.79 Å². The van der Waals surface area contributed by atoms with E-state index >= 15 is 0 Å². The van der Waals surface area contributed by atoms with Gasteiger partial charge in [0, 0.05) is 16.8 Å². The maximum absolute atomic E-state index is 12.7. The number of alkyl halides is 1. The van der Waals surface area contributed by atoms with Crippen molar-refractivity contribution in [3.8, 4) is 28.7 Å². The third-order valence-electron chi connectivity index (χ3n) is 4.26. The summed E-state index contributed by atoms with van der Waals surface area (Å²) in [6.45, 7) is 1.91. The van der Waals surface area contributed by atoms with Gasteiger partial charge in [-0.3, -0.25) is 4.79 Å². The largest absolute Gasteiger partial charge is 0.480 e. The Labute approximate surface area is 187 Å². The molecule has 150 valence electrons. The first-order valence-corrected chi connectivity index (χ1v) is 10.6. The maximum Gasteiger partial charge on any atom is 0.259 e. The first-order valence-electron chi connectivity index (χ1n) is 9.30. The summed E-state index contributed by atoms with van der Waals surface area (Å²) in [5, 5.41) is 11.1. The van der Waals surface area contributed by atoms with Crippen molar-refractivity contribution < 1.29 is 13.9 Å². The molecule has 7 heteroatoms. The van der Waals surface area contributed by atoms with Gasteiger partial charge in [-0.2, -0.15) is 0 Å². The average Bonchev–Trinajstić information content (AvgIpc) is 3.25. The molecule has 4 rings (SSSR count). The fourth-order valence-electron chi connectivity index (χ4n) is 2.86. The first-order chi connectivity index (χ1) is 14.6. The number of para-hydroxylation sites is 1. The van der Waals surface area contributed by atoms with Gasteiger partial charge < -0.3 is 14.5 Å². The Morgan fingerprint density at radius 3 is 2.17 bits per heavy atom. The number of ether oxygens (including phenoxy) is 1. The highest BCUT2D eigenvalue weighted by Crippen LogP contribution is 2.26. The smallest absolute Gasteiger partial charge is 0.259 e. The van der Waals surface area contributed by atoms with E-state index in [2.05, 4.69) is 38.1 Å². The number of carbonyl (C=O) groups excluding carboxylic acids is 1. The highest BCUT2D eigenvalue weighted by molar-refractivity contribution is 14.1. The molecule has 1 amide bonds. The highest BCUT2D eigenvalue weighted by atomic mass is 127. The Kier molecular flexibility index (Phi) is 6.08. The molecule has 0 radical (unpaired) electrons. The lowest BCUT2D eigenvalue weighted by Gasteiger charge is -2.13. The number of rotatable bonds is 6. The zero-order valence-corrected chi connectivity index (χ0v) is 18.2. The van der Waals surface area contributed by atoms with Crippen LogP contribution in [0, 0.1) is 0 Å². The molecule has 1 unspecified atom stereocenters. The lowest BCUT2D eigenvalue weighted by atomic mass is 10.1. The van der Waals surface area contributed by atoms with Crippen molar-refractivity contribution >= 4 is 34.2 Å². The summed E-state index contributed by atoms with van der Waals surface area (Å²) in [5.41, 5.74) is 2.77. The quantitative estimate of drug-likeness (QED) is 0.261. The molecule has 6 nitrogen and oxygen atoms in total. The van der Waals surface area contributed by atoms with Crippen molar-refractivity contribution in [1.82, 2.24) is 10.2 Å². The van der Waals surface area contributed by atoms with Crippen molar-refractivity contribution in [3.05, 3.63) is 84.4 Å². The number of halogens is 1. The topological polar surface area (TPSA) is 77.2 Å². The number of hydrogen-bond acceptors (Lipinski definition) is 5. The normalized spacial score (nSPS) is 11.7. The second-order valence-corrected chi connectivity index (χ2v) is 8.22. The van der Waals surface area contributed by atoms with E-state index in [1.807, 2.05) is 61.5 Å². The molecule has 0 saturated heterocycles. The van der Waals surface area contributed by atoms with Crippen molar-refractivity contribution in [1.29, 1.82) is 0 Å². The molecule has 1 atom stereocenters. The van der Waals surface area contributed by atoms with Crippen molar-refractivity contribution in [2.24, 2.45) is 0 Å². The molecule has 4 aromatic rings. The van der Waals surface area contributed by atoms with E-state index in [4.69, 9.17) is 9.15 Å².